The van der Waals surface area contributed by atoms with Gasteiger partial charge in [-0.05, 0) is 19.3 Å². The van der Waals surface area contributed by atoms with Gasteiger partial charge >= 0.3 is 0 Å². The van der Waals surface area contributed by atoms with Crippen LogP contribution in [0, 0.1) is 0 Å². The van der Waals surface area contributed by atoms with Crippen molar-refractivity contribution in [3.63, 3.8) is 0 Å². The summed E-state index contributed by atoms with van der Waals surface area (Å²) < 4.78 is 11.0. The Bertz CT molecular complexity index is 204. The first-order chi connectivity index (χ1) is 10.3. The van der Waals surface area contributed by atoms with Crippen molar-refractivity contribution in [2.75, 3.05) is 20.3 Å². The van der Waals surface area contributed by atoms with Gasteiger partial charge < -0.3 is 9.47 Å². The minimum Gasteiger partial charge on any atom is -0.381 e. The molecule has 0 radical (unpaired) electrons. The van der Waals surface area contributed by atoms with Gasteiger partial charge in [-0.1, -0.05) is 70.8 Å². The van der Waals surface area contributed by atoms with Gasteiger partial charge in [0.2, 0.25) is 0 Å². The molecule has 126 valence electrons. The van der Waals surface area contributed by atoms with E-state index in [2.05, 4.69) is 13.5 Å². The number of ether oxygens (including phenoxy) is 2. The third-order valence-electron chi connectivity index (χ3n) is 3.99. The van der Waals surface area contributed by atoms with Crippen LogP contribution in [-0.4, -0.2) is 26.4 Å². The molecular formula is C19H38O2. The Hall–Kier alpha value is -0.340. The summed E-state index contributed by atoms with van der Waals surface area (Å²) in [5.74, 6) is 0. The van der Waals surface area contributed by atoms with E-state index >= 15 is 0 Å². The van der Waals surface area contributed by atoms with Crippen LogP contribution in [-0.2, 0) is 9.47 Å². The van der Waals surface area contributed by atoms with Gasteiger partial charge in [0.1, 0.15) is 0 Å². The molecule has 0 aromatic carbocycles. The molecule has 2 heteroatoms. The van der Waals surface area contributed by atoms with Gasteiger partial charge in [-0.3, -0.25) is 0 Å². The fraction of sp³-hybridized carbons (Fsp3) is 0.895. The second-order valence-corrected chi connectivity index (χ2v) is 5.95. The number of methoxy groups -OCH3 is 1. The third kappa shape index (κ3) is 15.9. The van der Waals surface area contributed by atoms with E-state index < -0.39 is 0 Å². The van der Waals surface area contributed by atoms with E-state index in [0.29, 0.717) is 0 Å². The summed E-state index contributed by atoms with van der Waals surface area (Å²) in [7, 11) is 1.76. The summed E-state index contributed by atoms with van der Waals surface area (Å²) in [5, 5.41) is 0. The van der Waals surface area contributed by atoms with E-state index in [0.717, 1.165) is 19.6 Å². The summed E-state index contributed by atoms with van der Waals surface area (Å²) >= 11 is 0. The van der Waals surface area contributed by atoms with Gasteiger partial charge in [0.15, 0.2) is 0 Å². The lowest BCUT2D eigenvalue weighted by Gasteiger charge is -2.09. The predicted octanol–water partition coefficient (Wildman–Crippen LogP) is 5.91. The molecule has 0 spiro atoms. The van der Waals surface area contributed by atoms with Gasteiger partial charge in [0.05, 0.1) is 6.10 Å². The average molecular weight is 299 g/mol. The van der Waals surface area contributed by atoms with Crippen molar-refractivity contribution in [1.29, 1.82) is 0 Å². The Balaban J connectivity index is 3.04. The molecule has 0 N–H and O–H groups in total. The van der Waals surface area contributed by atoms with Crippen molar-refractivity contribution in [3.05, 3.63) is 12.7 Å². The highest BCUT2D eigenvalue weighted by Crippen LogP contribution is 2.10. The van der Waals surface area contributed by atoms with Crippen LogP contribution in [0.5, 0.6) is 0 Å². The first-order valence-electron chi connectivity index (χ1n) is 9.08. The molecule has 21 heavy (non-hydrogen) atoms. The van der Waals surface area contributed by atoms with Crippen molar-refractivity contribution in [2.24, 2.45) is 0 Å². The zero-order valence-electron chi connectivity index (χ0n) is 14.6. The van der Waals surface area contributed by atoms with E-state index in [1.807, 2.05) is 6.08 Å². The van der Waals surface area contributed by atoms with Crippen LogP contribution in [0.3, 0.4) is 0 Å². The summed E-state index contributed by atoms with van der Waals surface area (Å²) in [6.45, 7) is 7.94. The Morgan fingerprint density at radius 1 is 0.810 bits per heavy atom. The zero-order valence-corrected chi connectivity index (χ0v) is 14.6. The van der Waals surface area contributed by atoms with Gasteiger partial charge in [0, 0.05) is 20.3 Å². The molecule has 1 unspecified atom stereocenters. The fourth-order valence-corrected chi connectivity index (χ4v) is 2.50. The molecule has 0 aromatic heterocycles. The van der Waals surface area contributed by atoms with Crippen molar-refractivity contribution < 1.29 is 9.47 Å². The average Bonchev–Trinajstić information content (AvgIpc) is 2.51. The number of rotatable bonds is 17. The monoisotopic (exact) mass is 298 g/mol. The van der Waals surface area contributed by atoms with Crippen LogP contribution in [0.15, 0.2) is 12.7 Å². The van der Waals surface area contributed by atoms with Crippen molar-refractivity contribution in [3.8, 4) is 0 Å². The Kier molecular flexibility index (Phi) is 17.4. The maximum Gasteiger partial charge on any atom is 0.0749 e. The molecule has 0 aliphatic carbocycles. The largest absolute Gasteiger partial charge is 0.381 e. The molecule has 0 aromatic rings. The molecule has 0 saturated carbocycles. The van der Waals surface area contributed by atoms with Gasteiger partial charge in [-0.2, -0.15) is 0 Å². The topological polar surface area (TPSA) is 18.5 Å². The summed E-state index contributed by atoms with van der Waals surface area (Å²) in [4.78, 5) is 0. The van der Waals surface area contributed by atoms with Crippen LogP contribution in [0.4, 0.5) is 0 Å². The van der Waals surface area contributed by atoms with Crippen LogP contribution < -0.4 is 0 Å². The van der Waals surface area contributed by atoms with Crippen LogP contribution in [0.1, 0.15) is 84.0 Å². The standard InChI is InChI=1S/C19H38O2/c1-4-6-7-8-11-14-17-21-18-15-12-9-10-13-16-19(5-2)20-3/h5,19H,2,4,6-18H2,1,3H3. The first-order valence-corrected chi connectivity index (χ1v) is 9.08. The van der Waals surface area contributed by atoms with Gasteiger partial charge in [-0.15, -0.1) is 6.58 Å². The lowest BCUT2D eigenvalue weighted by atomic mass is 10.1. The molecule has 0 aliphatic heterocycles. The first kappa shape index (κ1) is 20.7. The minimum absolute atomic E-state index is 0.241. The maximum absolute atomic E-state index is 5.69. The molecule has 0 aliphatic rings. The highest BCUT2D eigenvalue weighted by Gasteiger charge is 2.00. The second-order valence-electron chi connectivity index (χ2n) is 5.95. The van der Waals surface area contributed by atoms with Crippen molar-refractivity contribution in [2.45, 2.75) is 90.1 Å². The lowest BCUT2D eigenvalue weighted by molar-refractivity contribution is 0.124. The molecule has 0 heterocycles. The van der Waals surface area contributed by atoms with Crippen LogP contribution >= 0.6 is 0 Å². The lowest BCUT2D eigenvalue weighted by Crippen LogP contribution is -2.05. The number of unbranched alkanes of at least 4 members (excludes halogenated alkanes) is 9. The highest BCUT2D eigenvalue weighted by atomic mass is 16.5. The van der Waals surface area contributed by atoms with Crippen molar-refractivity contribution >= 4 is 0 Å². The molecule has 0 amide bonds. The van der Waals surface area contributed by atoms with E-state index in [9.17, 15) is 0 Å². The molecule has 1 atom stereocenters. The van der Waals surface area contributed by atoms with E-state index in [4.69, 9.17) is 9.47 Å². The Morgan fingerprint density at radius 2 is 1.33 bits per heavy atom. The molecule has 0 bridgehead atoms. The number of hydrogen-bond acceptors (Lipinski definition) is 2. The second kappa shape index (κ2) is 17.7. The van der Waals surface area contributed by atoms with Gasteiger partial charge in [0.25, 0.3) is 0 Å². The quantitative estimate of drug-likeness (QED) is 0.246. The van der Waals surface area contributed by atoms with E-state index in [1.54, 1.807) is 7.11 Å². The van der Waals surface area contributed by atoms with Crippen LogP contribution in [0.25, 0.3) is 0 Å². The smallest absolute Gasteiger partial charge is 0.0749 e. The highest BCUT2D eigenvalue weighted by molar-refractivity contribution is 4.79. The SMILES string of the molecule is C=CC(CCCCCCCOCCCCCCCC)OC. The maximum atomic E-state index is 5.69. The Morgan fingerprint density at radius 3 is 1.86 bits per heavy atom. The van der Waals surface area contributed by atoms with E-state index in [1.165, 1.54) is 70.6 Å². The normalized spacial score (nSPS) is 12.5. The molecule has 0 rings (SSSR count). The summed E-state index contributed by atoms with van der Waals surface area (Å²) in [6, 6.07) is 0. The zero-order chi connectivity index (χ0) is 15.6. The van der Waals surface area contributed by atoms with Gasteiger partial charge in [-0.25, -0.2) is 0 Å². The Labute approximate surface area is 133 Å². The van der Waals surface area contributed by atoms with Crippen LogP contribution in [0.2, 0.25) is 0 Å². The third-order valence-corrected chi connectivity index (χ3v) is 3.99. The minimum atomic E-state index is 0.241. The molecular weight excluding hydrogens is 260 g/mol. The fourth-order valence-electron chi connectivity index (χ4n) is 2.50. The van der Waals surface area contributed by atoms with E-state index in [-0.39, 0.29) is 6.10 Å². The molecule has 0 saturated heterocycles. The van der Waals surface area contributed by atoms with Crippen molar-refractivity contribution in [1.82, 2.24) is 0 Å². The summed E-state index contributed by atoms with van der Waals surface area (Å²) in [5.41, 5.74) is 0. The summed E-state index contributed by atoms with van der Waals surface area (Å²) in [6.07, 6.45) is 17.7. The number of hydrogen-bond donors (Lipinski definition) is 0. The molecule has 2 nitrogen and oxygen atoms in total. The predicted molar refractivity (Wildman–Crippen MR) is 92.9 cm³/mol. The molecule has 0 fully saturated rings.